The lowest BCUT2D eigenvalue weighted by atomic mass is 10.2. The van der Waals surface area contributed by atoms with Gasteiger partial charge in [0.2, 0.25) is 0 Å². The minimum Gasteiger partial charge on any atom is -0.344 e. The van der Waals surface area contributed by atoms with E-state index in [1.165, 1.54) is 0 Å². The second kappa shape index (κ2) is 12.9. The van der Waals surface area contributed by atoms with E-state index in [0.717, 1.165) is 24.3 Å². The summed E-state index contributed by atoms with van der Waals surface area (Å²) in [5.41, 5.74) is -2.92. The third-order valence-corrected chi connectivity index (χ3v) is 9.57. The van der Waals surface area contributed by atoms with Crippen LogP contribution in [0, 0.1) is 11.8 Å². The minimum atomic E-state index is -2.92. The van der Waals surface area contributed by atoms with Crippen LogP contribution in [0.3, 0.4) is 0 Å². The molecule has 0 saturated heterocycles. The Morgan fingerprint density at radius 2 is 1.17 bits per heavy atom. The molecule has 8 heteroatoms. The fourth-order valence-corrected chi connectivity index (χ4v) is 6.84. The van der Waals surface area contributed by atoms with Crippen molar-refractivity contribution in [2.24, 2.45) is 11.8 Å². The summed E-state index contributed by atoms with van der Waals surface area (Å²) >= 11 is 3.99. The van der Waals surface area contributed by atoms with Gasteiger partial charge in [0.1, 0.15) is 0 Å². The van der Waals surface area contributed by atoms with Crippen LogP contribution in [-0.4, -0.2) is 21.3 Å². The minimum absolute atomic E-state index is 0. The standard InChI is InChI=1S/C10H25O2PS2.3H3N/c1-9(2)5-7-15(13(11,12)14)8-6-10(3)4;;;/h9-12,14H,5-8H2,1-4H3;3*1H3. The molecule has 11 N–H and O–H groups in total. The fraction of sp³-hybridized carbons (Fsp3) is 1.00. The first-order chi connectivity index (χ1) is 6.73. The van der Waals surface area contributed by atoms with Gasteiger partial charge < -0.3 is 28.2 Å². The van der Waals surface area contributed by atoms with Crippen LogP contribution in [-0.2, 0) is 10.1 Å². The first-order valence-electron chi connectivity index (χ1n) is 5.49. The molecule has 0 aromatic carbocycles. The van der Waals surface area contributed by atoms with Crippen molar-refractivity contribution in [3.8, 4) is 0 Å². The molecule has 0 bridgehead atoms. The van der Waals surface area contributed by atoms with Crippen LogP contribution >= 0.6 is 17.9 Å². The molecule has 0 fully saturated rings. The van der Waals surface area contributed by atoms with Crippen molar-refractivity contribution in [1.82, 2.24) is 18.5 Å². The van der Waals surface area contributed by atoms with E-state index in [2.05, 4.69) is 39.9 Å². The summed E-state index contributed by atoms with van der Waals surface area (Å²) in [7, 11) is -0.297. The first-order valence-corrected chi connectivity index (χ1v) is 10.5. The van der Waals surface area contributed by atoms with Gasteiger partial charge in [0.05, 0.1) is 0 Å². The molecule has 0 aliphatic carbocycles. The predicted octanol–water partition coefficient (Wildman–Crippen LogP) is 3.77. The van der Waals surface area contributed by atoms with Crippen LogP contribution in [0.2, 0.25) is 0 Å². The second-order valence-electron chi connectivity index (χ2n) is 4.75. The summed E-state index contributed by atoms with van der Waals surface area (Å²) in [6.45, 7) is 8.66. The molecule has 0 aliphatic heterocycles. The van der Waals surface area contributed by atoms with Gasteiger partial charge in [-0.25, -0.2) is 0 Å². The summed E-state index contributed by atoms with van der Waals surface area (Å²) in [6, 6.07) is 0. The van der Waals surface area contributed by atoms with E-state index >= 15 is 0 Å². The van der Waals surface area contributed by atoms with Gasteiger partial charge in [-0.2, -0.15) is 0 Å². The molecule has 0 rings (SSSR count). The molecule has 0 aromatic rings. The molecule has 0 unspecified atom stereocenters. The number of hydrogen-bond acceptors (Lipinski definition) is 3. The lowest BCUT2D eigenvalue weighted by Crippen LogP contribution is -2.08. The molecular formula is C10H34N3O2PS2. The highest BCUT2D eigenvalue weighted by Crippen LogP contribution is 2.47. The van der Waals surface area contributed by atoms with Crippen LogP contribution < -0.4 is 18.5 Å². The van der Waals surface area contributed by atoms with E-state index in [1.807, 2.05) is 0 Å². The Hall–Kier alpha value is 0.930. The Labute approximate surface area is 120 Å². The number of hydrogen-bond donors (Lipinski definition) is 6. The van der Waals surface area contributed by atoms with Crippen molar-refractivity contribution in [3.63, 3.8) is 0 Å². The summed E-state index contributed by atoms with van der Waals surface area (Å²) in [5.74, 6) is 3.07. The largest absolute Gasteiger partial charge is 0.344 e. The summed E-state index contributed by atoms with van der Waals surface area (Å²) in [5, 5.41) is 0. The molecule has 18 heavy (non-hydrogen) atoms. The zero-order valence-corrected chi connectivity index (χ0v) is 14.9. The van der Waals surface area contributed by atoms with Crippen molar-refractivity contribution in [3.05, 3.63) is 0 Å². The van der Waals surface area contributed by atoms with Gasteiger partial charge in [-0.3, -0.25) is 0 Å². The molecule has 118 valence electrons. The summed E-state index contributed by atoms with van der Waals surface area (Å²) in [4.78, 5) is 19.3. The van der Waals surface area contributed by atoms with E-state index in [-0.39, 0.29) is 28.5 Å². The average Bonchev–Trinajstić information content (AvgIpc) is 2.00. The molecule has 0 saturated carbocycles. The zero-order valence-electron chi connectivity index (χ0n) is 12.3. The highest BCUT2D eigenvalue weighted by molar-refractivity contribution is 8.65. The van der Waals surface area contributed by atoms with Crippen LogP contribution in [0.15, 0.2) is 0 Å². The van der Waals surface area contributed by atoms with Crippen LogP contribution in [0.25, 0.3) is 0 Å². The SMILES string of the molecule is CC(C)CCS(CCC(C)C)=P(O)(O)S.N.N.N. The highest BCUT2D eigenvalue weighted by Gasteiger charge is 2.12. The molecular weight excluding hydrogens is 289 g/mol. The molecule has 0 radical (unpaired) electrons. The monoisotopic (exact) mass is 323 g/mol. The molecule has 0 spiro atoms. The Morgan fingerprint density at radius 3 is 1.33 bits per heavy atom. The third kappa shape index (κ3) is 15.0. The Kier molecular flexibility index (Phi) is 19.6. The maximum atomic E-state index is 9.65. The quantitative estimate of drug-likeness (QED) is 0.325. The lowest BCUT2D eigenvalue weighted by molar-refractivity contribution is 0.501. The maximum Gasteiger partial charge on any atom is 0.198 e. The molecule has 0 aliphatic rings. The zero-order chi connectivity index (χ0) is 12.1. The van der Waals surface area contributed by atoms with E-state index in [9.17, 15) is 9.79 Å². The van der Waals surface area contributed by atoms with Crippen molar-refractivity contribution in [2.45, 2.75) is 40.5 Å². The number of thiol groups is 1. The van der Waals surface area contributed by atoms with E-state index in [0.29, 0.717) is 11.8 Å². The van der Waals surface area contributed by atoms with Crippen LogP contribution in [0.4, 0.5) is 0 Å². The normalized spacial score (nSPS) is 11.0. The van der Waals surface area contributed by atoms with Crippen LogP contribution in [0.5, 0.6) is 0 Å². The fourth-order valence-electron chi connectivity index (χ4n) is 1.09. The van der Waals surface area contributed by atoms with Gasteiger partial charge >= 0.3 is 0 Å². The maximum absolute atomic E-state index is 9.65. The van der Waals surface area contributed by atoms with Crippen molar-refractivity contribution >= 4 is 28.0 Å². The van der Waals surface area contributed by atoms with Crippen LogP contribution in [0.1, 0.15) is 40.5 Å². The third-order valence-electron chi connectivity index (χ3n) is 2.21. The molecule has 0 aromatic heterocycles. The topological polar surface area (TPSA) is 145 Å². The number of rotatable bonds is 6. The summed E-state index contributed by atoms with van der Waals surface area (Å²) < 4.78 is 0. The van der Waals surface area contributed by atoms with Gasteiger partial charge in [-0.15, -0.1) is 10.1 Å². The van der Waals surface area contributed by atoms with Gasteiger partial charge in [-0.1, -0.05) is 39.9 Å². The molecule has 0 atom stereocenters. The lowest BCUT2D eigenvalue weighted by Gasteiger charge is -2.18. The molecule has 0 amide bonds. The Bertz CT molecular complexity index is 223. The molecule has 5 nitrogen and oxygen atoms in total. The van der Waals surface area contributed by atoms with Gasteiger partial charge in [0, 0.05) is 0 Å². The smallest absolute Gasteiger partial charge is 0.198 e. The summed E-state index contributed by atoms with van der Waals surface area (Å²) in [6.07, 6.45) is 2.12. The second-order valence-corrected chi connectivity index (χ2v) is 13.1. The predicted molar refractivity (Wildman–Crippen MR) is 91.4 cm³/mol. The van der Waals surface area contributed by atoms with Gasteiger partial charge in [0.25, 0.3) is 0 Å². The first kappa shape index (κ1) is 27.3. The highest BCUT2D eigenvalue weighted by atomic mass is 32.9. The average molecular weight is 324 g/mol. The molecule has 0 heterocycles. The Morgan fingerprint density at radius 1 is 0.889 bits per heavy atom. The van der Waals surface area contributed by atoms with E-state index < -0.39 is 5.69 Å². The van der Waals surface area contributed by atoms with E-state index in [4.69, 9.17) is 0 Å². The Balaban J connectivity index is -0.000000327. The van der Waals surface area contributed by atoms with Crippen molar-refractivity contribution in [2.75, 3.05) is 11.5 Å². The van der Waals surface area contributed by atoms with Gasteiger partial charge in [-0.05, 0) is 36.2 Å². The van der Waals surface area contributed by atoms with Crippen molar-refractivity contribution < 1.29 is 9.79 Å². The van der Waals surface area contributed by atoms with E-state index in [1.54, 1.807) is 0 Å². The van der Waals surface area contributed by atoms with Gasteiger partial charge in [0.15, 0.2) is 5.69 Å². The van der Waals surface area contributed by atoms with Crippen molar-refractivity contribution in [1.29, 1.82) is 0 Å².